The van der Waals surface area contributed by atoms with E-state index in [1.165, 1.54) is 11.1 Å². The number of rotatable bonds is 4. The van der Waals surface area contributed by atoms with Crippen LogP contribution in [0.5, 0.6) is 0 Å². The van der Waals surface area contributed by atoms with Gasteiger partial charge in [-0.25, -0.2) is 0 Å². The first-order valence-corrected chi connectivity index (χ1v) is 10.7. The second-order valence-electron chi connectivity index (χ2n) is 7.43. The van der Waals surface area contributed by atoms with E-state index in [2.05, 4.69) is 6.07 Å². The SMILES string of the molecule is C/C(=C\N)CN(C(=O)c1cccc2ccccc12)c1sc2c(c1C#N)CCCC2.N.N. The van der Waals surface area contributed by atoms with Gasteiger partial charge >= 0.3 is 0 Å². The van der Waals surface area contributed by atoms with E-state index < -0.39 is 0 Å². The van der Waals surface area contributed by atoms with Crippen LogP contribution in [0.4, 0.5) is 5.00 Å². The van der Waals surface area contributed by atoms with E-state index in [9.17, 15) is 10.1 Å². The fourth-order valence-electron chi connectivity index (χ4n) is 3.95. The van der Waals surface area contributed by atoms with Gasteiger partial charge in [0, 0.05) is 17.0 Å². The molecule has 8 N–H and O–H groups in total. The van der Waals surface area contributed by atoms with Gasteiger partial charge < -0.3 is 18.0 Å². The maximum Gasteiger partial charge on any atom is 0.259 e. The largest absolute Gasteiger partial charge is 0.405 e. The quantitative estimate of drug-likeness (QED) is 0.497. The van der Waals surface area contributed by atoms with Crippen LogP contribution in [0, 0.1) is 11.3 Å². The maximum atomic E-state index is 13.7. The molecule has 0 atom stereocenters. The van der Waals surface area contributed by atoms with Crippen molar-refractivity contribution in [1.29, 1.82) is 5.26 Å². The highest BCUT2D eigenvalue weighted by Crippen LogP contribution is 2.40. The van der Waals surface area contributed by atoms with Gasteiger partial charge in [-0.05, 0) is 66.8 Å². The number of nitriles is 1. The zero-order chi connectivity index (χ0) is 20.4. The molecule has 1 heterocycles. The molecule has 7 heteroatoms. The lowest BCUT2D eigenvalue weighted by Gasteiger charge is -2.23. The minimum Gasteiger partial charge on any atom is -0.405 e. The number of amides is 1. The van der Waals surface area contributed by atoms with Crippen LogP contribution in [-0.2, 0) is 12.8 Å². The third-order valence-electron chi connectivity index (χ3n) is 5.47. The fourth-order valence-corrected chi connectivity index (χ4v) is 5.29. The number of nitrogens with zero attached hydrogens (tertiary/aromatic N) is 2. The lowest BCUT2D eigenvalue weighted by Crippen LogP contribution is -2.32. The van der Waals surface area contributed by atoms with E-state index in [4.69, 9.17) is 5.73 Å². The van der Waals surface area contributed by atoms with Crippen LogP contribution in [0.15, 0.2) is 54.2 Å². The summed E-state index contributed by atoms with van der Waals surface area (Å²) in [5.74, 6) is -0.0990. The molecule has 1 aromatic heterocycles. The van der Waals surface area contributed by atoms with Crippen LogP contribution in [0.2, 0.25) is 0 Å². The Bertz CT molecular complexity index is 1150. The number of anilines is 1. The molecule has 0 saturated carbocycles. The van der Waals surface area contributed by atoms with Crippen LogP contribution < -0.4 is 22.9 Å². The van der Waals surface area contributed by atoms with Crippen LogP contribution in [0.3, 0.4) is 0 Å². The van der Waals surface area contributed by atoms with Crippen molar-refractivity contribution in [2.75, 3.05) is 11.4 Å². The van der Waals surface area contributed by atoms with Crippen LogP contribution in [0.1, 0.15) is 46.1 Å². The highest BCUT2D eigenvalue weighted by atomic mass is 32.1. The Morgan fingerprint density at radius 3 is 2.61 bits per heavy atom. The Kier molecular flexibility index (Phi) is 7.95. The summed E-state index contributed by atoms with van der Waals surface area (Å²) < 4.78 is 0. The minimum absolute atomic E-state index is 0. The van der Waals surface area contributed by atoms with Gasteiger partial charge in [-0.3, -0.25) is 9.69 Å². The molecule has 0 spiro atoms. The number of hydrogen-bond acceptors (Lipinski definition) is 6. The van der Waals surface area contributed by atoms with Gasteiger partial charge in [0.1, 0.15) is 11.1 Å². The molecule has 4 rings (SSSR count). The molecule has 1 aliphatic rings. The van der Waals surface area contributed by atoms with Gasteiger partial charge in [0.2, 0.25) is 0 Å². The van der Waals surface area contributed by atoms with Crippen molar-refractivity contribution in [2.45, 2.75) is 32.6 Å². The van der Waals surface area contributed by atoms with Crippen molar-refractivity contribution in [2.24, 2.45) is 5.73 Å². The van der Waals surface area contributed by atoms with Gasteiger partial charge in [0.15, 0.2) is 0 Å². The Labute approximate surface area is 187 Å². The normalized spacial score (nSPS) is 12.8. The summed E-state index contributed by atoms with van der Waals surface area (Å²) in [6.45, 7) is 2.27. The number of thiophene rings is 1. The number of fused-ring (bicyclic) bond motifs is 2. The third kappa shape index (κ3) is 4.47. The van der Waals surface area contributed by atoms with Gasteiger partial charge in [-0.15, -0.1) is 11.3 Å². The molecular formula is C24H29N5OS. The van der Waals surface area contributed by atoms with E-state index in [0.29, 0.717) is 17.7 Å². The second-order valence-corrected chi connectivity index (χ2v) is 8.52. The molecule has 0 aliphatic heterocycles. The third-order valence-corrected chi connectivity index (χ3v) is 6.78. The number of carbonyl (C=O) groups is 1. The number of carbonyl (C=O) groups excluding carboxylic acids is 1. The maximum absolute atomic E-state index is 13.7. The van der Waals surface area contributed by atoms with Crippen molar-refractivity contribution in [1.82, 2.24) is 12.3 Å². The van der Waals surface area contributed by atoms with Crippen molar-refractivity contribution in [3.8, 4) is 6.07 Å². The molecule has 0 unspecified atom stereocenters. The zero-order valence-corrected chi connectivity index (χ0v) is 18.7. The van der Waals surface area contributed by atoms with E-state index in [0.717, 1.165) is 52.6 Å². The summed E-state index contributed by atoms with van der Waals surface area (Å²) in [4.78, 5) is 16.7. The lowest BCUT2D eigenvalue weighted by atomic mass is 9.96. The molecule has 1 aliphatic carbocycles. The topological polar surface area (TPSA) is 140 Å². The second kappa shape index (κ2) is 10.2. The predicted molar refractivity (Wildman–Crippen MR) is 129 cm³/mol. The molecule has 3 aromatic rings. The number of nitrogens with two attached hydrogens (primary N) is 1. The van der Waals surface area contributed by atoms with E-state index >= 15 is 0 Å². The molecule has 0 fully saturated rings. The van der Waals surface area contributed by atoms with Gasteiger partial charge in [-0.2, -0.15) is 5.26 Å². The first-order valence-electron chi connectivity index (χ1n) is 9.85. The fraction of sp³-hybridized carbons (Fsp3) is 0.250. The number of benzene rings is 2. The van der Waals surface area contributed by atoms with E-state index in [-0.39, 0.29) is 18.2 Å². The Hall–Kier alpha value is -3.18. The molecule has 0 saturated heterocycles. The van der Waals surface area contributed by atoms with Crippen LogP contribution in [-0.4, -0.2) is 12.5 Å². The van der Waals surface area contributed by atoms with Gasteiger partial charge in [-0.1, -0.05) is 36.4 Å². The number of hydrogen-bond donors (Lipinski definition) is 3. The standard InChI is InChI=1S/C24H23N3OS.2H3N/c1-16(13-25)15-27(24-21(14-26)19-10-4-5-12-22(19)29-24)23(28)20-11-6-8-17-7-2-3-9-18(17)20;;/h2-3,6-9,11,13H,4-5,10,12,15,25H2,1H3;2*1H3/b16-13+;;. The molecule has 0 radical (unpaired) electrons. The van der Waals surface area contributed by atoms with Crippen LogP contribution >= 0.6 is 11.3 Å². The van der Waals surface area contributed by atoms with Crippen molar-refractivity contribution in [3.05, 3.63) is 75.8 Å². The summed E-state index contributed by atoms with van der Waals surface area (Å²) in [6.07, 6.45) is 5.66. The van der Waals surface area contributed by atoms with E-state index in [1.807, 2.05) is 49.4 Å². The summed E-state index contributed by atoms with van der Waals surface area (Å²) >= 11 is 1.59. The summed E-state index contributed by atoms with van der Waals surface area (Å²) in [6, 6.07) is 16.0. The van der Waals surface area contributed by atoms with Crippen molar-refractivity contribution >= 4 is 33.0 Å². The molecule has 2 aromatic carbocycles. The molecular weight excluding hydrogens is 406 g/mol. The highest BCUT2D eigenvalue weighted by Gasteiger charge is 2.28. The summed E-state index contributed by atoms with van der Waals surface area (Å²) in [5.41, 5.74) is 9.04. The van der Waals surface area contributed by atoms with Gasteiger partial charge in [0.05, 0.1) is 5.56 Å². The smallest absolute Gasteiger partial charge is 0.259 e. The molecule has 0 bridgehead atoms. The average Bonchev–Trinajstić information content (AvgIpc) is 3.14. The summed E-state index contributed by atoms with van der Waals surface area (Å²) in [5, 5.41) is 12.6. The number of aryl methyl sites for hydroxylation is 1. The monoisotopic (exact) mass is 435 g/mol. The first-order chi connectivity index (χ1) is 14.1. The Morgan fingerprint density at radius 1 is 1.16 bits per heavy atom. The molecule has 31 heavy (non-hydrogen) atoms. The molecule has 6 nitrogen and oxygen atoms in total. The Balaban J connectivity index is 0.00000171. The Morgan fingerprint density at radius 2 is 1.87 bits per heavy atom. The highest BCUT2D eigenvalue weighted by molar-refractivity contribution is 7.16. The lowest BCUT2D eigenvalue weighted by molar-refractivity contribution is 0.0991. The van der Waals surface area contributed by atoms with E-state index in [1.54, 1.807) is 16.2 Å². The van der Waals surface area contributed by atoms with Crippen molar-refractivity contribution < 1.29 is 4.79 Å². The molecule has 162 valence electrons. The summed E-state index contributed by atoms with van der Waals surface area (Å²) in [7, 11) is 0. The first kappa shape index (κ1) is 24.1. The predicted octanol–water partition coefficient (Wildman–Crippen LogP) is 5.49. The van der Waals surface area contributed by atoms with Crippen molar-refractivity contribution in [3.63, 3.8) is 0 Å². The van der Waals surface area contributed by atoms with Gasteiger partial charge in [0.25, 0.3) is 5.91 Å². The zero-order valence-electron chi connectivity index (χ0n) is 17.9. The van der Waals surface area contributed by atoms with Crippen LogP contribution in [0.25, 0.3) is 10.8 Å². The average molecular weight is 436 g/mol. The molecule has 1 amide bonds. The minimum atomic E-state index is -0.0990.